The normalized spacial score (nSPS) is 10.4. The minimum Gasteiger partial charge on any atom is -0.294 e. The third-order valence-corrected chi connectivity index (χ3v) is 4.00. The fourth-order valence-electron chi connectivity index (χ4n) is 1.84. The number of thioether (sulfide) groups is 1. The number of benzene rings is 2. The number of hydrazine groups is 1. The van der Waals surface area contributed by atoms with Gasteiger partial charge < -0.3 is 0 Å². The molecule has 3 N–H and O–H groups in total. The van der Waals surface area contributed by atoms with Crippen LogP contribution in [0.2, 0.25) is 0 Å². The molecule has 0 radical (unpaired) electrons. The van der Waals surface area contributed by atoms with Crippen LogP contribution in [-0.2, 0) is 17.0 Å². The van der Waals surface area contributed by atoms with Gasteiger partial charge in [-0.25, -0.2) is 14.6 Å². The van der Waals surface area contributed by atoms with Gasteiger partial charge in [-0.1, -0.05) is 24.3 Å². The van der Waals surface area contributed by atoms with E-state index in [1.807, 2.05) is 24.3 Å². The van der Waals surface area contributed by atoms with E-state index < -0.39 is 11.6 Å². The predicted octanol–water partition coefficient (Wildman–Crippen LogP) is 2.79. The number of amides is 1. The Kier molecular flexibility index (Phi) is 5.30. The lowest BCUT2D eigenvalue weighted by molar-refractivity contribution is -0.120. The van der Waals surface area contributed by atoms with Gasteiger partial charge in [-0.3, -0.25) is 10.2 Å². The summed E-state index contributed by atoms with van der Waals surface area (Å²) >= 11 is 1.25. The Balaban J connectivity index is 2.11. The van der Waals surface area contributed by atoms with Crippen LogP contribution in [0.5, 0.6) is 0 Å². The third-order valence-electron chi connectivity index (χ3n) is 2.91. The zero-order chi connectivity index (χ0) is 15.2. The molecule has 0 unspecified atom stereocenters. The van der Waals surface area contributed by atoms with Gasteiger partial charge in [0.05, 0.1) is 6.42 Å². The van der Waals surface area contributed by atoms with Gasteiger partial charge in [0.2, 0.25) is 5.91 Å². The first-order valence-electron chi connectivity index (χ1n) is 6.24. The minimum atomic E-state index is -0.600. The van der Waals surface area contributed by atoms with Crippen molar-refractivity contribution in [1.29, 1.82) is 0 Å². The summed E-state index contributed by atoms with van der Waals surface area (Å²) in [5, 5.41) is 0. The molecule has 0 bridgehead atoms. The van der Waals surface area contributed by atoms with E-state index in [1.54, 1.807) is 0 Å². The number of carbonyl (C=O) groups excluding carboxylic acids is 1. The van der Waals surface area contributed by atoms with Crippen molar-refractivity contribution in [2.24, 2.45) is 5.84 Å². The second-order valence-electron chi connectivity index (χ2n) is 4.38. The van der Waals surface area contributed by atoms with E-state index >= 15 is 0 Å². The summed E-state index contributed by atoms with van der Waals surface area (Å²) < 4.78 is 26.4. The molecule has 110 valence electrons. The highest BCUT2D eigenvalue weighted by molar-refractivity contribution is 7.98. The average molecular weight is 308 g/mol. The van der Waals surface area contributed by atoms with Gasteiger partial charge in [0.15, 0.2) is 0 Å². The fraction of sp³-hybridized carbons (Fsp3) is 0.133. The number of halogens is 2. The number of rotatable bonds is 5. The Labute approximate surface area is 125 Å². The van der Waals surface area contributed by atoms with Crippen molar-refractivity contribution < 1.29 is 13.6 Å². The third kappa shape index (κ3) is 4.27. The van der Waals surface area contributed by atoms with Crippen LogP contribution >= 0.6 is 11.8 Å². The average Bonchev–Trinajstić information content (AvgIpc) is 2.47. The maximum atomic E-state index is 13.6. The van der Waals surface area contributed by atoms with Gasteiger partial charge in [0, 0.05) is 16.7 Å². The van der Waals surface area contributed by atoms with Crippen molar-refractivity contribution in [3.8, 4) is 0 Å². The van der Waals surface area contributed by atoms with Crippen molar-refractivity contribution in [1.82, 2.24) is 5.43 Å². The molecule has 0 heterocycles. The highest BCUT2D eigenvalue weighted by Gasteiger charge is 2.09. The van der Waals surface area contributed by atoms with E-state index in [0.717, 1.165) is 17.2 Å². The molecule has 2 rings (SSSR count). The zero-order valence-electron chi connectivity index (χ0n) is 11.1. The van der Waals surface area contributed by atoms with Gasteiger partial charge in [-0.05, 0) is 23.3 Å². The van der Waals surface area contributed by atoms with Gasteiger partial charge in [-0.2, -0.15) is 0 Å². The molecule has 0 aliphatic carbocycles. The fourth-order valence-corrected chi connectivity index (χ4v) is 2.80. The molecule has 3 nitrogen and oxygen atoms in total. The number of nitrogens with two attached hydrogens (primary N) is 1. The standard InChI is InChI=1S/C15H14F2N2OS/c16-12-5-6-14(13(17)8-12)21-9-11-4-2-1-3-10(11)7-15(20)19-18/h1-6,8H,7,9,18H2,(H,19,20). The van der Waals surface area contributed by atoms with E-state index in [2.05, 4.69) is 5.43 Å². The van der Waals surface area contributed by atoms with Crippen LogP contribution in [0.4, 0.5) is 8.78 Å². The second kappa shape index (κ2) is 7.19. The Bertz CT molecular complexity index is 649. The van der Waals surface area contributed by atoms with E-state index in [9.17, 15) is 13.6 Å². The molecule has 0 spiro atoms. The summed E-state index contributed by atoms with van der Waals surface area (Å²) in [6, 6.07) is 10.9. The van der Waals surface area contributed by atoms with Gasteiger partial charge in [-0.15, -0.1) is 11.8 Å². The van der Waals surface area contributed by atoms with Crippen LogP contribution < -0.4 is 11.3 Å². The van der Waals surface area contributed by atoms with Gasteiger partial charge in [0.1, 0.15) is 11.6 Å². The summed E-state index contributed by atoms with van der Waals surface area (Å²) in [4.78, 5) is 11.7. The Morgan fingerprint density at radius 2 is 1.86 bits per heavy atom. The summed E-state index contributed by atoms with van der Waals surface area (Å²) in [6.07, 6.45) is 0.166. The molecule has 0 saturated carbocycles. The summed E-state index contributed by atoms with van der Waals surface area (Å²) in [5.41, 5.74) is 3.82. The Morgan fingerprint density at radius 3 is 2.52 bits per heavy atom. The van der Waals surface area contributed by atoms with Crippen LogP contribution in [0.1, 0.15) is 11.1 Å². The van der Waals surface area contributed by atoms with E-state index in [0.29, 0.717) is 10.6 Å². The monoisotopic (exact) mass is 308 g/mol. The molecule has 0 saturated heterocycles. The predicted molar refractivity (Wildman–Crippen MR) is 78.4 cm³/mol. The SMILES string of the molecule is NNC(=O)Cc1ccccc1CSc1ccc(F)cc1F. The number of hydrogen-bond donors (Lipinski definition) is 2. The molecule has 6 heteroatoms. The maximum absolute atomic E-state index is 13.6. The van der Waals surface area contributed by atoms with Crippen LogP contribution in [0.25, 0.3) is 0 Å². The molecule has 0 atom stereocenters. The number of carbonyl (C=O) groups is 1. The van der Waals surface area contributed by atoms with Gasteiger partial charge >= 0.3 is 0 Å². The molecule has 1 amide bonds. The Hall–Kier alpha value is -1.92. The molecule has 0 aromatic heterocycles. The molecule has 2 aromatic rings. The number of hydrogen-bond acceptors (Lipinski definition) is 3. The van der Waals surface area contributed by atoms with E-state index in [-0.39, 0.29) is 12.3 Å². The Morgan fingerprint density at radius 1 is 1.14 bits per heavy atom. The lowest BCUT2D eigenvalue weighted by Gasteiger charge is -2.09. The maximum Gasteiger partial charge on any atom is 0.238 e. The lowest BCUT2D eigenvalue weighted by atomic mass is 10.1. The molecular formula is C15H14F2N2OS. The highest BCUT2D eigenvalue weighted by Crippen LogP contribution is 2.27. The van der Waals surface area contributed by atoms with Crippen LogP contribution in [0, 0.1) is 11.6 Å². The second-order valence-corrected chi connectivity index (χ2v) is 5.39. The molecule has 0 aliphatic rings. The number of nitrogens with one attached hydrogen (secondary N) is 1. The summed E-state index contributed by atoms with van der Waals surface area (Å²) in [7, 11) is 0. The summed E-state index contributed by atoms with van der Waals surface area (Å²) in [6.45, 7) is 0. The molecule has 0 fully saturated rings. The first-order chi connectivity index (χ1) is 10.1. The molecular weight excluding hydrogens is 294 g/mol. The van der Waals surface area contributed by atoms with E-state index in [1.165, 1.54) is 23.9 Å². The van der Waals surface area contributed by atoms with E-state index in [4.69, 9.17) is 5.84 Å². The van der Waals surface area contributed by atoms with Crippen molar-refractivity contribution in [2.45, 2.75) is 17.1 Å². The van der Waals surface area contributed by atoms with Crippen molar-refractivity contribution in [2.75, 3.05) is 0 Å². The van der Waals surface area contributed by atoms with Gasteiger partial charge in [0.25, 0.3) is 0 Å². The molecule has 21 heavy (non-hydrogen) atoms. The molecule has 2 aromatic carbocycles. The van der Waals surface area contributed by atoms with Crippen molar-refractivity contribution in [3.05, 3.63) is 65.2 Å². The largest absolute Gasteiger partial charge is 0.294 e. The first-order valence-corrected chi connectivity index (χ1v) is 7.23. The smallest absolute Gasteiger partial charge is 0.238 e. The van der Waals surface area contributed by atoms with Crippen molar-refractivity contribution in [3.63, 3.8) is 0 Å². The van der Waals surface area contributed by atoms with Crippen LogP contribution in [0.3, 0.4) is 0 Å². The highest BCUT2D eigenvalue weighted by atomic mass is 32.2. The topological polar surface area (TPSA) is 55.1 Å². The van der Waals surface area contributed by atoms with Crippen LogP contribution in [-0.4, -0.2) is 5.91 Å². The van der Waals surface area contributed by atoms with Crippen molar-refractivity contribution >= 4 is 17.7 Å². The first kappa shape index (κ1) is 15.5. The minimum absolute atomic E-state index is 0.166. The summed E-state index contributed by atoms with van der Waals surface area (Å²) in [5.74, 6) is 4.08. The zero-order valence-corrected chi connectivity index (χ0v) is 11.9. The lowest BCUT2D eigenvalue weighted by Crippen LogP contribution is -2.31. The quantitative estimate of drug-likeness (QED) is 0.386. The van der Waals surface area contributed by atoms with Crippen LogP contribution in [0.15, 0.2) is 47.4 Å². The molecule has 0 aliphatic heterocycles.